The van der Waals surface area contributed by atoms with Gasteiger partial charge in [0, 0.05) is 29.7 Å². The summed E-state index contributed by atoms with van der Waals surface area (Å²) in [5.74, 6) is 1.63. The monoisotopic (exact) mass is 389 g/mol. The van der Waals surface area contributed by atoms with Gasteiger partial charge in [-0.3, -0.25) is 0 Å². The zero-order valence-corrected chi connectivity index (χ0v) is 16.9. The summed E-state index contributed by atoms with van der Waals surface area (Å²) < 4.78 is 7.24. The number of benzene rings is 1. The zero-order chi connectivity index (χ0) is 20.5. The molecule has 29 heavy (non-hydrogen) atoms. The Kier molecular flexibility index (Phi) is 4.94. The molecule has 1 aromatic carbocycles. The molecule has 3 aromatic heterocycles. The Balaban J connectivity index is 1.74. The minimum absolute atomic E-state index is 0.163. The second-order valence-corrected chi connectivity index (χ2v) is 7.30. The highest BCUT2D eigenvalue weighted by molar-refractivity contribution is 5.62. The van der Waals surface area contributed by atoms with Crippen molar-refractivity contribution in [1.29, 1.82) is 0 Å². The van der Waals surface area contributed by atoms with Crippen LogP contribution in [0.2, 0.25) is 0 Å². The first-order valence-corrected chi connectivity index (χ1v) is 9.50. The topological polar surface area (TPSA) is 109 Å². The summed E-state index contributed by atoms with van der Waals surface area (Å²) in [6.45, 7) is 8.51. The molecule has 8 heteroatoms. The Morgan fingerprint density at radius 2 is 1.72 bits per heavy atom. The molecule has 0 bridgehead atoms. The standard InChI is InChI=1S/C21H23N7O/c1-12(2)18-17(11-28(26-18)21-23-13(3)9-14(4)24-21)20-25-19(27-29-20)16-7-5-15(10-22)6-8-16/h5-9,11-12H,10,22H2,1-4H3. The van der Waals surface area contributed by atoms with Gasteiger partial charge in [-0.05, 0) is 31.4 Å². The Bertz CT molecular complexity index is 1120. The van der Waals surface area contributed by atoms with Crippen LogP contribution < -0.4 is 5.73 Å². The van der Waals surface area contributed by atoms with Crippen LogP contribution in [0, 0.1) is 13.8 Å². The average molecular weight is 389 g/mol. The predicted molar refractivity (Wildman–Crippen MR) is 109 cm³/mol. The highest BCUT2D eigenvalue weighted by atomic mass is 16.5. The molecule has 0 unspecified atom stereocenters. The van der Waals surface area contributed by atoms with Gasteiger partial charge in [0.05, 0.1) is 11.3 Å². The van der Waals surface area contributed by atoms with Crippen LogP contribution in [0.25, 0.3) is 28.8 Å². The minimum atomic E-state index is 0.163. The summed E-state index contributed by atoms with van der Waals surface area (Å²) in [5.41, 5.74) is 11.0. The van der Waals surface area contributed by atoms with Crippen molar-refractivity contribution in [3.8, 4) is 28.8 Å². The summed E-state index contributed by atoms with van der Waals surface area (Å²) in [6, 6.07) is 9.72. The normalized spacial score (nSPS) is 11.4. The number of nitrogens with two attached hydrogens (primary N) is 1. The Hall–Kier alpha value is -3.39. The molecule has 148 valence electrons. The number of rotatable bonds is 5. The molecular weight excluding hydrogens is 366 g/mol. The van der Waals surface area contributed by atoms with Crippen LogP contribution in [0.1, 0.15) is 42.4 Å². The molecule has 0 saturated heterocycles. The van der Waals surface area contributed by atoms with E-state index in [4.69, 9.17) is 15.4 Å². The highest BCUT2D eigenvalue weighted by Crippen LogP contribution is 2.29. The second kappa shape index (κ2) is 7.56. The van der Waals surface area contributed by atoms with Crippen LogP contribution in [-0.2, 0) is 6.54 Å². The average Bonchev–Trinajstić information content (AvgIpc) is 3.34. The van der Waals surface area contributed by atoms with E-state index in [-0.39, 0.29) is 5.92 Å². The molecule has 0 amide bonds. The van der Waals surface area contributed by atoms with Gasteiger partial charge < -0.3 is 10.3 Å². The lowest BCUT2D eigenvalue weighted by atomic mass is 10.1. The van der Waals surface area contributed by atoms with E-state index in [0.717, 1.165) is 33.8 Å². The molecule has 2 N–H and O–H groups in total. The van der Waals surface area contributed by atoms with E-state index in [9.17, 15) is 0 Å². The first kappa shape index (κ1) is 18.9. The summed E-state index contributed by atoms with van der Waals surface area (Å²) >= 11 is 0. The third-order valence-corrected chi connectivity index (χ3v) is 4.57. The van der Waals surface area contributed by atoms with E-state index in [2.05, 4.69) is 34.0 Å². The number of aromatic nitrogens is 6. The molecule has 8 nitrogen and oxygen atoms in total. The van der Waals surface area contributed by atoms with E-state index in [0.29, 0.717) is 24.2 Å². The van der Waals surface area contributed by atoms with Crippen LogP contribution in [0.5, 0.6) is 0 Å². The highest BCUT2D eigenvalue weighted by Gasteiger charge is 2.21. The van der Waals surface area contributed by atoms with Gasteiger partial charge in [0.25, 0.3) is 11.8 Å². The van der Waals surface area contributed by atoms with Gasteiger partial charge >= 0.3 is 0 Å². The lowest BCUT2D eigenvalue weighted by Crippen LogP contribution is -2.05. The summed E-state index contributed by atoms with van der Waals surface area (Å²) in [4.78, 5) is 13.6. The fourth-order valence-electron chi connectivity index (χ4n) is 3.13. The smallest absolute Gasteiger partial charge is 0.261 e. The number of aryl methyl sites for hydroxylation is 2. The first-order valence-electron chi connectivity index (χ1n) is 9.50. The predicted octanol–water partition coefficient (Wildman–Crippen LogP) is 3.58. The molecule has 0 aliphatic heterocycles. The molecule has 4 rings (SSSR count). The van der Waals surface area contributed by atoms with E-state index >= 15 is 0 Å². The summed E-state index contributed by atoms with van der Waals surface area (Å²) in [7, 11) is 0. The molecule has 0 aliphatic carbocycles. The Morgan fingerprint density at radius 3 is 2.34 bits per heavy atom. The first-order chi connectivity index (χ1) is 13.9. The molecule has 0 radical (unpaired) electrons. The van der Waals surface area contributed by atoms with Crippen LogP contribution in [0.3, 0.4) is 0 Å². The van der Waals surface area contributed by atoms with Crippen molar-refractivity contribution in [2.45, 2.75) is 40.2 Å². The van der Waals surface area contributed by atoms with Gasteiger partial charge in [0.1, 0.15) is 0 Å². The van der Waals surface area contributed by atoms with Crippen molar-refractivity contribution in [2.75, 3.05) is 0 Å². The molecule has 3 heterocycles. The van der Waals surface area contributed by atoms with Gasteiger partial charge in [0.2, 0.25) is 5.82 Å². The molecule has 0 fully saturated rings. The van der Waals surface area contributed by atoms with Crippen LogP contribution in [-0.4, -0.2) is 29.9 Å². The van der Waals surface area contributed by atoms with Crippen molar-refractivity contribution < 1.29 is 4.52 Å². The lowest BCUT2D eigenvalue weighted by molar-refractivity contribution is 0.431. The Morgan fingerprint density at radius 1 is 1.03 bits per heavy atom. The van der Waals surface area contributed by atoms with Crippen molar-refractivity contribution >= 4 is 0 Å². The van der Waals surface area contributed by atoms with E-state index in [1.807, 2.05) is 50.4 Å². The van der Waals surface area contributed by atoms with Crippen molar-refractivity contribution in [2.24, 2.45) is 5.73 Å². The van der Waals surface area contributed by atoms with Gasteiger partial charge in [-0.15, -0.1) is 0 Å². The van der Waals surface area contributed by atoms with Gasteiger partial charge in [0.15, 0.2) is 0 Å². The maximum Gasteiger partial charge on any atom is 0.261 e. The summed E-state index contributed by atoms with van der Waals surface area (Å²) in [6.07, 6.45) is 1.85. The SMILES string of the molecule is Cc1cc(C)nc(-n2cc(-c3nc(-c4ccc(CN)cc4)no3)c(C(C)C)n2)n1. The van der Waals surface area contributed by atoms with Gasteiger partial charge in [-0.25, -0.2) is 14.6 Å². The van der Waals surface area contributed by atoms with Gasteiger partial charge in [-0.1, -0.05) is 43.3 Å². The third kappa shape index (κ3) is 3.79. The van der Waals surface area contributed by atoms with Crippen LogP contribution in [0.4, 0.5) is 0 Å². The maximum absolute atomic E-state index is 5.66. The minimum Gasteiger partial charge on any atom is -0.333 e. The molecule has 0 atom stereocenters. The Labute approximate surface area is 168 Å². The molecule has 0 aliphatic rings. The van der Waals surface area contributed by atoms with Gasteiger partial charge in [-0.2, -0.15) is 10.1 Å². The molecule has 0 saturated carbocycles. The molecular formula is C21H23N7O. The van der Waals surface area contributed by atoms with Crippen molar-refractivity contribution in [3.05, 3.63) is 59.2 Å². The van der Waals surface area contributed by atoms with E-state index in [1.165, 1.54) is 0 Å². The fraction of sp³-hybridized carbons (Fsp3) is 0.286. The third-order valence-electron chi connectivity index (χ3n) is 4.57. The fourth-order valence-corrected chi connectivity index (χ4v) is 3.13. The molecule has 0 spiro atoms. The van der Waals surface area contributed by atoms with E-state index in [1.54, 1.807) is 4.68 Å². The summed E-state index contributed by atoms with van der Waals surface area (Å²) in [5, 5.41) is 8.84. The maximum atomic E-state index is 5.66. The molecule has 4 aromatic rings. The van der Waals surface area contributed by atoms with Crippen LogP contribution in [0.15, 0.2) is 41.1 Å². The van der Waals surface area contributed by atoms with Crippen molar-refractivity contribution in [1.82, 2.24) is 29.9 Å². The van der Waals surface area contributed by atoms with Crippen LogP contribution >= 0.6 is 0 Å². The quantitative estimate of drug-likeness (QED) is 0.555. The second-order valence-electron chi connectivity index (χ2n) is 7.30. The zero-order valence-electron chi connectivity index (χ0n) is 16.9. The number of nitrogens with zero attached hydrogens (tertiary/aromatic N) is 6. The largest absolute Gasteiger partial charge is 0.333 e. The number of hydrogen-bond donors (Lipinski definition) is 1. The van der Waals surface area contributed by atoms with E-state index < -0.39 is 0 Å². The number of hydrogen-bond acceptors (Lipinski definition) is 7. The van der Waals surface area contributed by atoms with Crippen molar-refractivity contribution in [3.63, 3.8) is 0 Å². The lowest BCUT2D eigenvalue weighted by Gasteiger charge is -2.03.